The van der Waals surface area contributed by atoms with Crippen molar-refractivity contribution < 1.29 is 23.9 Å². The molecule has 0 spiro atoms. The summed E-state index contributed by atoms with van der Waals surface area (Å²) in [6.07, 6.45) is -1.02. The molecule has 0 heterocycles. The number of rotatable bonds is 7. The maximum atomic E-state index is 12.0. The minimum atomic E-state index is -1.02. The van der Waals surface area contributed by atoms with Crippen molar-refractivity contribution in [3.05, 3.63) is 59.1 Å². The summed E-state index contributed by atoms with van der Waals surface area (Å²) in [5.41, 5.74) is 0.900. The summed E-state index contributed by atoms with van der Waals surface area (Å²) in [5, 5.41) is 5.58. The molecule has 0 saturated heterocycles. The van der Waals surface area contributed by atoms with E-state index in [4.69, 9.17) is 21.1 Å². The molecule has 2 rings (SSSR count). The van der Waals surface area contributed by atoms with Gasteiger partial charge in [-0.3, -0.25) is 14.4 Å². The standard InChI is InChI=1S/C19H19ClN2O5/c1-12(18(24)22-15-7-5-14(20)6-8-15)27-17(23)11-21-19(25)13-3-9-16(26-2)10-4-13/h3-10,12H,11H2,1-2H3,(H,21,25)(H,22,24). The second kappa shape index (κ2) is 9.59. The van der Waals surface area contributed by atoms with E-state index in [1.165, 1.54) is 14.0 Å². The van der Waals surface area contributed by atoms with Crippen LogP contribution in [0.3, 0.4) is 0 Å². The molecule has 1 unspecified atom stereocenters. The second-order valence-corrected chi connectivity index (χ2v) is 5.98. The first-order valence-corrected chi connectivity index (χ1v) is 8.45. The van der Waals surface area contributed by atoms with Gasteiger partial charge in [-0.05, 0) is 55.5 Å². The van der Waals surface area contributed by atoms with Crippen LogP contribution in [0.1, 0.15) is 17.3 Å². The Hall–Kier alpha value is -3.06. The summed E-state index contributed by atoms with van der Waals surface area (Å²) >= 11 is 5.78. The predicted octanol–water partition coefficient (Wildman–Crippen LogP) is 2.65. The van der Waals surface area contributed by atoms with Crippen molar-refractivity contribution in [3.8, 4) is 5.75 Å². The first-order chi connectivity index (χ1) is 12.9. The maximum Gasteiger partial charge on any atom is 0.326 e. The fourth-order valence-corrected chi connectivity index (χ4v) is 2.19. The van der Waals surface area contributed by atoms with Crippen molar-refractivity contribution in [2.24, 2.45) is 0 Å². The van der Waals surface area contributed by atoms with Crippen LogP contribution in [0.15, 0.2) is 48.5 Å². The lowest BCUT2D eigenvalue weighted by Crippen LogP contribution is -2.35. The smallest absolute Gasteiger partial charge is 0.326 e. The number of ether oxygens (including phenoxy) is 2. The number of benzene rings is 2. The van der Waals surface area contributed by atoms with Gasteiger partial charge in [0.25, 0.3) is 11.8 Å². The summed E-state index contributed by atoms with van der Waals surface area (Å²) in [7, 11) is 1.52. The highest BCUT2D eigenvalue weighted by Crippen LogP contribution is 2.14. The van der Waals surface area contributed by atoms with E-state index in [2.05, 4.69) is 10.6 Å². The van der Waals surface area contributed by atoms with Gasteiger partial charge in [0, 0.05) is 16.3 Å². The summed E-state index contributed by atoms with van der Waals surface area (Å²) in [4.78, 5) is 35.9. The first-order valence-electron chi connectivity index (χ1n) is 8.07. The van der Waals surface area contributed by atoms with E-state index in [1.807, 2.05) is 0 Å². The van der Waals surface area contributed by atoms with Gasteiger partial charge in [0.2, 0.25) is 0 Å². The molecule has 1 atom stereocenters. The lowest BCUT2D eigenvalue weighted by Gasteiger charge is -2.14. The molecular weight excluding hydrogens is 372 g/mol. The van der Waals surface area contributed by atoms with Gasteiger partial charge >= 0.3 is 5.97 Å². The number of hydrogen-bond donors (Lipinski definition) is 2. The molecular formula is C19H19ClN2O5. The van der Waals surface area contributed by atoms with Gasteiger partial charge in [-0.2, -0.15) is 0 Å². The van der Waals surface area contributed by atoms with Crippen LogP contribution in [-0.2, 0) is 14.3 Å². The molecule has 0 saturated carbocycles. The van der Waals surface area contributed by atoms with Gasteiger partial charge in [0.05, 0.1) is 7.11 Å². The molecule has 7 nitrogen and oxygen atoms in total. The van der Waals surface area contributed by atoms with Gasteiger partial charge in [-0.25, -0.2) is 0 Å². The minimum Gasteiger partial charge on any atom is -0.497 e. The number of carbonyl (C=O) groups is 3. The summed E-state index contributed by atoms with van der Waals surface area (Å²) in [5.74, 6) is -1.04. The number of halogens is 1. The molecule has 0 radical (unpaired) electrons. The first kappa shape index (κ1) is 20.3. The van der Waals surface area contributed by atoms with E-state index in [1.54, 1.807) is 48.5 Å². The number of esters is 1. The number of amides is 2. The Balaban J connectivity index is 1.78. The van der Waals surface area contributed by atoms with Crippen LogP contribution in [0, 0.1) is 0 Å². The minimum absolute atomic E-state index is 0.358. The maximum absolute atomic E-state index is 12.0. The SMILES string of the molecule is COc1ccc(C(=O)NCC(=O)OC(C)C(=O)Nc2ccc(Cl)cc2)cc1. The van der Waals surface area contributed by atoms with Crippen molar-refractivity contribution in [2.75, 3.05) is 19.0 Å². The quantitative estimate of drug-likeness (QED) is 0.709. The molecule has 2 N–H and O–H groups in total. The molecule has 2 amide bonds. The summed E-state index contributed by atoms with van der Waals surface area (Å²) in [6, 6.07) is 12.9. The van der Waals surface area contributed by atoms with E-state index in [0.717, 1.165) is 0 Å². The molecule has 0 aliphatic heterocycles. The highest BCUT2D eigenvalue weighted by atomic mass is 35.5. The van der Waals surface area contributed by atoms with Crippen LogP contribution in [0.25, 0.3) is 0 Å². The Bertz CT molecular complexity index is 806. The Kier molecular flexibility index (Phi) is 7.19. The fraction of sp³-hybridized carbons (Fsp3) is 0.211. The zero-order valence-electron chi connectivity index (χ0n) is 14.8. The van der Waals surface area contributed by atoms with Crippen LogP contribution >= 0.6 is 11.6 Å². The molecule has 0 aliphatic rings. The highest BCUT2D eigenvalue weighted by molar-refractivity contribution is 6.30. The van der Waals surface area contributed by atoms with E-state index < -0.39 is 23.9 Å². The zero-order valence-corrected chi connectivity index (χ0v) is 15.6. The Labute approximate surface area is 161 Å². The number of anilines is 1. The van der Waals surface area contributed by atoms with Crippen LogP contribution in [0.5, 0.6) is 5.75 Å². The van der Waals surface area contributed by atoms with Crippen LogP contribution in [0.4, 0.5) is 5.69 Å². The monoisotopic (exact) mass is 390 g/mol. The van der Waals surface area contributed by atoms with Crippen molar-refractivity contribution in [1.82, 2.24) is 5.32 Å². The predicted molar refractivity (Wildman–Crippen MR) is 101 cm³/mol. The molecule has 27 heavy (non-hydrogen) atoms. The third-order valence-electron chi connectivity index (χ3n) is 3.53. The lowest BCUT2D eigenvalue weighted by molar-refractivity contribution is -0.152. The van der Waals surface area contributed by atoms with E-state index in [-0.39, 0.29) is 6.54 Å². The van der Waals surface area contributed by atoms with E-state index in [9.17, 15) is 14.4 Å². The average Bonchev–Trinajstić information content (AvgIpc) is 2.67. The zero-order chi connectivity index (χ0) is 19.8. The Morgan fingerprint density at radius 1 is 1.04 bits per heavy atom. The molecule has 2 aromatic carbocycles. The third-order valence-corrected chi connectivity index (χ3v) is 3.79. The van der Waals surface area contributed by atoms with Crippen molar-refractivity contribution in [2.45, 2.75) is 13.0 Å². The Morgan fingerprint density at radius 2 is 1.67 bits per heavy atom. The van der Waals surface area contributed by atoms with Gasteiger partial charge in [0.15, 0.2) is 6.10 Å². The molecule has 0 fully saturated rings. The number of methoxy groups -OCH3 is 1. The largest absolute Gasteiger partial charge is 0.497 e. The van der Waals surface area contributed by atoms with Crippen LogP contribution < -0.4 is 15.4 Å². The van der Waals surface area contributed by atoms with Gasteiger partial charge < -0.3 is 20.1 Å². The van der Waals surface area contributed by atoms with Gasteiger partial charge in [0.1, 0.15) is 12.3 Å². The Morgan fingerprint density at radius 3 is 2.26 bits per heavy atom. The molecule has 0 aliphatic carbocycles. The summed E-state index contributed by atoms with van der Waals surface area (Å²) < 4.78 is 10.0. The second-order valence-electron chi connectivity index (χ2n) is 5.54. The molecule has 0 aromatic heterocycles. The van der Waals surface area contributed by atoms with Crippen molar-refractivity contribution in [1.29, 1.82) is 0 Å². The van der Waals surface area contributed by atoms with E-state index >= 15 is 0 Å². The van der Waals surface area contributed by atoms with E-state index in [0.29, 0.717) is 22.0 Å². The highest BCUT2D eigenvalue weighted by Gasteiger charge is 2.18. The normalized spacial score (nSPS) is 11.2. The number of carbonyl (C=O) groups excluding carboxylic acids is 3. The summed E-state index contributed by atoms with van der Waals surface area (Å²) in [6.45, 7) is 1.08. The average molecular weight is 391 g/mol. The molecule has 142 valence electrons. The van der Waals surface area contributed by atoms with Crippen LogP contribution in [-0.4, -0.2) is 37.5 Å². The van der Waals surface area contributed by atoms with Gasteiger partial charge in [-0.1, -0.05) is 11.6 Å². The third kappa shape index (κ3) is 6.31. The fourth-order valence-electron chi connectivity index (χ4n) is 2.07. The molecule has 8 heteroatoms. The number of nitrogens with one attached hydrogen (secondary N) is 2. The van der Waals surface area contributed by atoms with Gasteiger partial charge in [-0.15, -0.1) is 0 Å². The number of hydrogen-bond acceptors (Lipinski definition) is 5. The molecule has 2 aromatic rings. The molecule has 0 bridgehead atoms. The van der Waals surface area contributed by atoms with Crippen LogP contribution in [0.2, 0.25) is 5.02 Å². The topological polar surface area (TPSA) is 93.7 Å². The lowest BCUT2D eigenvalue weighted by atomic mass is 10.2. The van der Waals surface area contributed by atoms with Crippen molar-refractivity contribution in [3.63, 3.8) is 0 Å². The van der Waals surface area contributed by atoms with Crippen molar-refractivity contribution >= 4 is 35.1 Å².